The smallest absolute Gasteiger partial charge is 0.287 e. The lowest BCUT2D eigenvalue weighted by Crippen LogP contribution is -2.28. The molecule has 1 atom stereocenters. The fourth-order valence-corrected chi connectivity index (χ4v) is 4.88. The third-order valence-electron chi connectivity index (χ3n) is 4.55. The molecule has 8 heteroatoms. The molecule has 2 saturated heterocycles. The van der Waals surface area contributed by atoms with Gasteiger partial charge in [0.2, 0.25) is 10.0 Å². The Morgan fingerprint density at radius 1 is 1.33 bits per heavy atom. The van der Waals surface area contributed by atoms with E-state index in [2.05, 4.69) is 5.32 Å². The highest BCUT2D eigenvalue weighted by Crippen LogP contribution is 2.26. The SMILES string of the molecule is Cc1oc(C(=O)NCCC2CCCO2)cc1S(=O)(=O)N1CCCC1. The second-order valence-electron chi connectivity index (χ2n) is 6.32. The predicted molar refractivity (Wildman–Crippen MR) is 87.4 cm³/mol. The van der Waals surface area contributed by atoms with Gasteiger partial charge in [-0.15, -0.1) is 0 Å². The van der Waals surface area contributed by atoms with E-state index >= 15 is 0 Å². The van der Waals surface area contributed by atoms with Crippen LogP contribution in [0.1, 0.15) is 48.4 Å². The molecule has 7 nitrogen and oxygen atoms in total. The van der Waals surface area contributed by atoms with Gasteiger partial charge >= 0.3 is 0 Å². The lowest BCUT2D eigenvalue weighted by molar-refractivity contribution is 0.0883. The fourth-order valence-electron chi connectivity index (χ4n) is 3.21. The standard InChI is InChI=1S/C16H24N2O5S/c1-12-15(24(20,21)18-8-2-3-9-18)11-14(23-12)16(19)17-7-6-13-5-4-10-22-13/h11,13H,2-10H2,1H3,(H,17,19). The summed E-state index contributed by atoms with van der Waals surface area (Å²) in [7, 11) is -3.58. The lowest BCUT2D eigenvalue weighted by atomic mass is 10.2. The van der Waals surface area contributed by atoms with Gasteiger partial charge in [-0.3, -0.25) is 4.79 Å². The van der Waals surface area contributed by atoms with Gasteiger partial charge in [0.1, 0.15) is 10.7 Å². The Hall–Kier alpha value is -1.38. The van der Waals surface area contributed by atoms with Gasteiger partial charge in [-0.2, -0.15) is 4.31 Å². The fraction of sp³-hybridized carbons (Fsp3) is 0.688. The van der Waals surface area contributed by atoms with E-state index in [1.165, 1.54) is 10.4 Å². The number of aryl methyl sites for hydroxylation is 1. The molecule has 1 unspecified atom stereocenters. The Kier molecular flexibility index (Phi) is 5.27. The Balaban J connectivity index is 1.63. The molecule has 0 radical (unpaired) electrons. The molecule has 24 heavy (non-hydrogen) atoms. The van der Waals surface area contributed by atoms with Crippen LogP contribution in [-0.4, -0.2) is 51.0 Å². The molecule has 1 aromatic heterocycles. The zero-order valence-electron chi connectivity index (χ0n) is 13.9. The highest BCUT2D eigenvalue weighted by atomic mass is 32.2. The Morgan fingerprint density at radius 2 is 2.08 bits per heavy atom. The molecule has 2 fully saturated rings. The molecule has 0 spiro atoms. The minimum atomic E-state index is -3.58. The Labute approximate surface area is 142 Å². The van der Waals surface area contributed by atoms with Crippen LogP contribution in [0, 0.1) is 6.92 Å². The normalized spacial score (nSPS) is 22.1. The largest absolute Gasteiger partial charge is 0.455 e. The lowest BCUT2D eigenvalue weighted by Gasteiger charge is -2.14. The van der Waals surface area contributed by atoms with Gasteiger partial charge in [-0.1, -0.05) is 0 Å². The summed E-state index contributed by atoms with van der Waals surface area (Å²) in [6.45, 7) is 3.89. The summed E-state index contributed by atoms with van der Waals surface area (Å²) in [5, 5.41) is 2.77. The van der Waals surface area contributed by atoms with Crippen LogP contribution in [0.25, 0.3) is 0 Å². The number of hydrogen-bond donors (Lipinski definition) is 1. The average molecular weight is 356 g/mol. The van der Waals surface area contributed by atoms with Crippen molar-refractivity contribution in [1.29, 1.82) is 0 Å². The van der Waals surface area contributed by atoms with Gasteiger partial charge < -0.3 is 14.5 Å². The van der Waals surface area contributed by atoms with Crippen molar-refractivity contribution in [2.75, 3.05) is 26.2 Å². The van der Waals surface area contributed by atoms with E-state index in [1.807, 2.05) is 0 Å². The van der Waals surface area contributed by atoms with Crippen LogP contribution in [0.15, 0.2) is 15.4 Å². The van der Waals surface area contributed by atoms with E-state index in [4.69, 9.17) is 9.15 Å². The number of rotatable bonds is 6. The molecule has 3 rings (SSSR count). The van der Waals surface area contributed by atoms with Gasteiger partial charge in [0.25, 0.3) is 5.91 Å². The summed E-state index contributed by atoms with van der Waals surface area (Å²) < 4.78 is 37.5. The number of sulfonamides is 1. The first-order chi connectivity index (χ1) is 11.5. The second-order valence-corrected chi connectivity index (χ2v) is 8.23. The zero-order chi connectivity index (χ0) is 17.2. The summed E-state index contributed by atoms with van der Waals surface area (Å²) in [4.78, 5) is 12.3. The number of hydrogen-bond acceptors (Lipinski definition) is 5. The summed E-state index contributed by atoms with van der Waals surface area (Å²) in [6.07, 6.45) is 4.78. The van der Waals surface area contributed by atoms with Crippen molar-refractivity contribution in [2.24, 2.45) is 0 Å². The Bertz CT molecular complexity index is 685. The number of carbonyl (C=O) groups excluding carboxylic acids is 1. The van der Waals surface area contributed by atoms with Crippen molar-refractivity contribution < 1.29 is 22.4 Å². The number of furan rings is 1. The molecule has 0 aromatic carbocycles. The molecule has 2 aliphatic rings. The molecule has 2 aliphatic heterocycles. The molecule has 134 valence electrons. The van der Waals surface area contributed by atoms with Crippen molar-refractivity contribution in [3.63, 3.8) is 0 Å². The number of ether oxygens (including phenoxy) is 1. The molecule has 3 heterocycles. The van der Waals surface area contributed by atoms with Gasteiger partial charge in [-0.05, 0) is 39.0 Å². The minimum Gasteiger partial charge on any atom is -0.455 e. The predicted octanol–water partition coefficient (Wildman–Crippen LogP) is 1.67. The molecule has 0 bridgehead atoms. The molecular weight excluding hydrogens is 332 g/mol. The molecular formula is C16H24N2O5S. The quantitative estimate of drug-likeness (QED) is 0.837. The van der Waals surface area contributed by atoms with Gasteiger partial charge in [0.05, 0.1) is 6.10 Å². The van der Waals surface area contributed by atoms with Gasteiger partial charge in [0.15, 0.2) is 5.76 Å². The molecule has 1 N–H and O–H groups in total. The summed E-state index contributed by atoms with van der Waals surface area (Å²) >= 11 is 0. The van der Waals surface area contributed by atoms with E-state index in [0.29, 0.717) is 19.6 Å². The minimum absolute atomic E-state index is 0.0395. The van der Waals surface area contributed by atoms with Crippen LogP contribution in [0.5, 0.6) is 0 Å². The molecule has 0 saturated carbocycles. The third kappa shape index (κ3) is 3.65. The van der Waals surface area contributed by atoms with E-state index in [9.17, 15) is 13.2 Å². The van der Waals surface area contributed by atoms with Crippen molar-refractivity contribution in [3.8, 4) is 0 Å². The monoisotopic (exact) mass is 356 g/mol. The van der Waals surface area contributed by atoms with Crippen LogP contribution < -0.4 is 5.32 Å². The van der Waals surface area contributed by atoms with Crippen LogP contribution in [0.4, 0.5) is 0 Å². The average Bonchev–Trinajstić information content (AvgIpc) is 3.28. The van der Waals surface area contributed by atoms with E-state index in [0.717, 1.165) is 38.7 Å². The maximum absolute atomic E-state index is 12.6. The van der Waals surface area contributed by atoms with Gasteiger partial charge in [-0.25, -0.2) is 8.42 Å². The number of nitrogens with one attached hydrogen (secondary N) is 1. The maximum atomic E-state index is 12.6. The molecule has 1 amide bonds. The van der Waals surface area contributed by atoms with Crippen molar-refractivity contribution >= 4 is 15.9 Å². The topological polar surface area (TPSA) is 88.8 Å². The van der Waals surface area contributed by atoms with Crippen LogP contribution in [0.3, 0.4) is 0 Å². The van der Waals surface area contributed by atoms with Crippen molar-refractivity contribution in [2.45, 2.75) is 50.0 Å². The molecule has 1 aromatic rings. The number of nitrogens with zero attached hydrogens (tertiary/aromatic N) is 1. The third-order valence-corrected chi connectivity index (χ3v) is 6.56. The van der Waals surface area contributed by atoms with Crippen LogP contribution in [0.2, 0.25) is 0 Å². The van der Waals surface area contributed by atoms with Crippen molar-refractivity contribution in [3.05, 3.63) is 17.6 Å². The Morgan fingerprint density at radius 3 is 2.75 bits per heavy atom. The summed E-state index contributed by atoms with van der Waals surface area (Å²) in [6, 6.07) is 1.34. The molecule has 0 aliphatic carbocycles. The van der Waals surface area contributed by atoms with E-state index in [1.54, 1.807) is 6.92 Å². The van der Waals surface area contributed by atoms with Gasteiger partial charge in [0, 0.05) is 32.3 Å². The zero-order valence-corrected chi connectivity index (χ0v) is 14.7. The second kappa shape index (κ2) is 7.25. The summed E-state index contributed by atoms with van der Waals surface area (Å²) in [5.41, 5.74) is 0. The van der Waals surface area contributed by atoms with Crippen LogP contribution in [-0.2, 0) is 14.8 Å². The van der Waals surface area contributed by atoms with Crippen LogP contribution >= 0.6 is 0 Å². The first kappa shape index (κ1) is 17.4. The summed E-state index contributed by atoms with van der Waals surface area (Å²) in [5.74, 6) is -0.0947. The maximum Gasteiger partial charge on any atom is 0.287 e. The van der Waals surface area contributed by atoms with E-state index < -0.39 is 10.0 Å². The van der Waals surface area contributed by atoms with Crippen molar-refractivity contribution in [1.82, 2.24) is 9.62 Å². The first-order valence-corrected chi connectivity index (χ1v) is 9.93. The highest BCUT2D eigenvalue weighted by molar-refractivity contribution is 7.89. The number of amides is 1. The van der Waals surface area contributed by atoms with E-state index in [-0.39, 0.29) is 28.4 Å². The highest BCUT2D eigenvalue weighted by Gasteiger charge is 2.31. The first-order valence-electron chi connectivity index (χ1n) is 8.49. The number of carbonyl (C=O) groups is 1.